The van der Waals surface area contributed by atoms with Crippen LogP contribution >= 0.6 is 0 Å². The lowest BCUT2D eigenvalue weighted by atomic mass is 10.0. The number of hydrogen-bond donors (Lipinski definition) is 1. The first-order valence-corrected chi connectivity index (χ1v) is 8.75. The number of rotatable bonds is 5. The van der Waals surface area contributed by atoms with Gasteiger partial charge in [0.25, 0.3) is 0 Å². The van der Waals surface area contributed by atoms with Gasteiger partial charge in [-0.3, -0.25) is 4.90 Å². The van der Waals surface area contributed by atoms with Crippen molar-refractivity contribution in [2.24, 2.45) is 0 Å². The highest BCUT2D eigenvalue weighted by atomic mass is 32.2. The summed E-state index contributed by atoms with van der Waals surface area (Å²) in [4.78, 5) is 2.53. The Morgan fingerprint density at radius 1 is 1.33 bits per heavy atom. The summed E-state index contributed by atoms with van der Waals surface area (Å²) in [6.07, 6.45) is 3.63. The standard InChI is InChI=1S/C15H21N3O2S/c1-13-4-2-3-10-18(13)11-9-17-21(19,20)15-7-5-14(12-16)6-8-15/h5-8,13,17H,2-4,9-11H2,1H3. The Hall–Kier alpha value is -1.42. The van der Waals surface area contributed by atoms with Crippen molar-refractivity contribution in [3.05, 3.63) is 29.8 Å². The number of hydrogen-bond acceptors (Lipinski definition) is 4. The molecule has 1 aliphatic heterocycles. The molecule has 0 bridgehead atoms. The third-order valence-electron chi connectivity index (χ3n) is 3.93. The molecule has 6 heteroatoms. The lowest BCUT2D eigenvalue weighted by Crippen LogP contribution is -2.42. The second-order valence-corrected chi connectivity index (χ2v) is 7.18. The van der Waals surface area contributed by atoms with Crippen LogP contribution in [0.4, 0.5) is 0 Å². The molecule has 1 unspecified atom stereocenters. The molecule has 0 spiro atoms. The molecule has 1 heterocycles. The Bertz CT molecular complexity index is 605. The first kappa shape index (κ1) is 16.0. The number of nitriles is 1. The van der Waals surface area contributed by atoms with Crippen molar-refractivity contribution >= 4 is 10.0 Å². The van der Waals surface area contributed by atoms with Crippen LogP contribution in [0.5, 0.6) is 0 Å². The number of nitrogens with one attached hydrogen (secondary N) is 1. The van der Waals surface area contributed by atoms with Crippen molar-refractivity contribution < 1.29 is 8.42 Å². The highest BCUT2D eigenvalue weighted by Gasteiger charge is 2.19. The maximum atomic E-state index is 12.1. The van der Waals surface area contributed by atoms with E-state index >= 15 is 0 Å². The smallest absolute Gasteiger partial charge is 0.240 e. The van der Waals surface area contributed by atoms with Gasteiger partial charge < -0.3 is 0 Å². The molecule has 1 saturated heterocycles. The molecule has 0 aromatic heterocycles. The van der Waals surface area contributed by atoms with Crippen LogP contribution in [0.25, 0.3) is 0 Å². The van der Waals surface area contributed by atoms with E-state index in [2.05, 4.69) is 16.5 Å². The Morgan fingerprint density at radius 3 is 2.67 bits per heavy atom. The van der Waals surface area contributed by atoms with E-state index in [-0.39, 0.29) is 4.90 Å². The Labute approximate surface area is 126 Å². The minimum Gasteiger partial charge on any atom is -0.299 e. The Balaban J connectivity index is 1.90. The van der Waals surface area contributed by atoms with Gasteiger partial charge in [0.1, 0.15) is 0 Å². The van der Waals surface area contributed by atoms with Crippen LogP contribution in [0.2, 0.25) is 0 Å². The van der Waals surface area contributed by atoms with Crippen LogP contribution in [0.1, 0.15) is 31.7 Å². The van der Waals surface area contributed by atoms with Gasteiger partial charge in [-0.15, -0.1) is 0 Å². The second kappa shape index (κ2) is 7.03. The summed E-state index contributed by atoms with van der Waals surface area (Å²) in [6.45, 7) is 4.37. The van der Waals surface area contributed by atoms with Gasteiger partial charge in [-0.25, -0.2) is 13.1 Å². The highest BCUT2D eigenvalue weighted by Crippen LogP contribution is 2.15. The third-order valence-corrected chi connectivity index (χ3v) is 5.40. The highest BCUT2D eigenvalue weighted by molar-refractivity contribution is 7.89. The van der Waals surface area contributed by atoms with E-state index < -0.39 is 10.0 Å². The lowest BCUT2D eigenvalue weighted by molar-refractivity contribution is 0.164. The molecule has 0 aliphatic carbocycles. The van der Waals surface area contributed by atoms with E-state index in [0.29, 0.717) is 18.2 Å². The quantitative estimate of drug-likeness (QED) is 0.899. The van der Waals surface area contributed by atoms with E-state index in [4.69, 9.17) is 5.26 Å². The van der Waals surface area contributed by atoms with E-state index in [1.54, 1.807) is 0 Å². The van der Waals surface area contributed by atoms with Crippen molar-refractivity contribution in [1.82, 2.24) is 9.62 Å². The molecule has 0 radical (unpaired) electrons. The normalized spacial score (nSPS) is 20.1. The monoisotopic (exact) mass is 307 g/mol. The Kier molecular flexibility index (Phi) is 5.34. The summed E-state index contributed by atoms with van der Waals surface area (Å²) in [7, 11) is -3.49. The first-order chi connectivity index (χ1) is 10.0. The average Bonchev–Trinajstić information content (AvgIpc) is 2.49. The number of benzene rings is 1. The molecule has 1 aliphatic rings. The van der Waals surface area contributed by atoms with Crippen LogP contribution in [-0.2, 0) is 10.0 Å². The van der Waals surface area contributed by atoms with Crippen molar-refractivity contribution in [2.75, 3.05) is 19.6 Å². The maximum Gasteiger partial charge on any atom is 0.240 e. The minimum absolute atomic E-state index is 0.202. The fourth-order valence-electron chi connectivity index (χ4n) is 2.61. The largest absolute Gasteiger partial charge is 0.299 e. The Morgan fingerprint density at radius 2 is 2.05 bits per heavy atom. The van der Waals surface area contributed by atoms with Gasteiger partial charge in [-0.2, -0.15) is 5.26 Å². The summed E-state index contributed by atoms with van der Waals surface area (Å²) >= 11 is 0. The second-order valence-electron chi connectivity index (χ2n) is 5.41. The van der Waals surface area contributed by atoms with Gasteiger partial charge in [0.2, 0.25) is 10.0 Å². The summed E-state index contributed by atoms with van der Waals surface area (Å²) in [5, 5.41) is 8.72. The summed E-state index contributed by atoms with van der Waals surface area (Å²) < 4.78 is 26.9. The van der Waals surface area contributed by atoms with Gasteiger partial charge >= 0.3 is 0 Å². The molecule has 1 fully saturated rings. The molecule has 114 valence electrons. The zero-order chi connectivity index (χ0) is 15.3. The van der Waals surface area contributed by atoms with Crippen LogP contribution in [0.15, 0.2) is 29.2 Å². The first-order valence-electron chi connectivity index (χ1n) is 7.27. The fourth-order valence-corrected chi connectivity index (χ4v) is 3.63. The van der Waals surface area contributed by atoms with Crippen molar-refractivity contribution in [2.45, 2.75) is 37.1 Å². The molecular formula is C15H21N3O2S. The van der Waals surface area contributed by atoms with Crippen molar-refractivity contribution in [1.29, 1.82) is 5.26 Å². The number of likely N-dealkylation sites (tertiary alicyclic amines) is 1. The molecular weight excluding hydrogens is 286 g/mol. The average molecular weight is 307 g/mol. The minimum atomic E-state index is -3.49. The molecule has 21 heavy (non-hydrogen) atoms. The van der Waals surface area contributed by atoms with Crippen LogP contribution in [0, 0.1) is 11.3 Å². The number of nitrogens with zero attached hydrogens (tertiary/aromatic N) is 2. The summed E-state index contributed by atoms with van der Waals surface area (Å²) in [5.41, 5.74) is 0.455. The molecule has 1 N–H and O–H groups in total. The van der Waals surface area contributed by atoms with Gasteiger partial charge in [0, 0.05) is 19.1 Å². The zero-order valence-corrected chi connectivity index (χ0v) is 13.1. The lowest BCUT2D eigenvalue weighted by Gasteiger charge is -2.33. The molecule has 1 aromatic rings. The maximum absolute atomic E-state index is 12.1. The third kappa shape index (κ3) is 4.27. The van der Waals surface area contributed by atoms with E-state index in [1.807, 2.05) is 6.07 Å². The van der Waals surface area contributed by atoms with E-state index in [9.17, 15) is 8.42 Å². The fraction of sp³-hybridized carbons (Fsp3) is 0.533. The zero-order valence-electron chi connectivity index (χ0n) is 12.2. The predicted octanol–water partition coefficient (Wildman–Crippen LogP) is 1.71. The van der Waals surface area contributed by atoms with Crippen LogP contribution in [0.3, 0.4) is 0 Å². The van der Waals surface area contributed by atoms with Gasteiger partial charge in [-0.1, -0.05) is 6.42 Å². The molecule has 0 saturated carbocycles. The van der Waals surface area contributed by atoms with Crippen LogP contribution in [-0.4, -0.2) is 39.0 Å². The summed E-state index contributed by atoms with van der Waals surface area (Å²) in [6, 6.07) is 8.46. The van der Waals surface area contributed by atoms with Gasteiger partial charge in [0.15, 0.2) is 0 Å². The number of piperidine rings is 1. The van der Waals surface area contributed by atoms with Gasteiger partial charge in [-0.05, 0) is 50.6 Å². The number of sulfonamides is 1. The summed E-state index contributed by atoms with van der Waals surface area (Å²) in [5.74, 6) is 0. The molecule has 1 atom stereocenters. The molecule has 2 rings (SSSR count). The SMILES string of the molecule is CC1CCCCN1CCNS(=O)(=O)c1ccc(C#N)cc1. The van der Waals surface area contributed by atoms with Crippen molar-refractivity contribution in [3.8, 4) is 6.07 Å². The van der Waals surface area contributed by atoms with E-state index in [0.717, 1.165) is 13.1 Å². The molecule has 1 aromatic carbocycles. The molecule has 0 amide bonds. The topological polar surface area (TPSA) is 73.2 Å². The molecule has 5 nitrogen and oxygen atoms in total. The predicted molar refractivity (Wildman–Crippen MR) is 81.2 cm³/mol. The van der Waals surface area contributed by atoms with Crippen molar-refractivity contribution in [3.63, 3.8) is 0 Å². The van der Waals surface area contributed by atoms with Crippen LogP contribution < -0.4 is 4.72 Å². The van der Waals surface area contributed by atoms with E-state index in [1.165, 1.54) is 43.5 Å². The van der Waals surface area contributed by atoms with Gasteiger partial charge in [0.05, 0.1) is 16.5 Å².